The molecule has 1 aromatic rings. The second kappa shape index (κ2) is 6.58. The average Bonchev–Trinajstić information content (AvgIpc) is 2.90. The SMILES string of the molecule is C[C@H]1C[C@H](N2CCc3c(Br)cccc32)CCN1C(=O)OC(C)(C)C. The van der Waals surface area contributed by atoms with Gasteiger partial charge in [-0.2, -0.15) is 0 Å². The number of nitrogens with zero attached hydrogens (tertiary/aromatic N) is 2. The highest BCUT2D eigenvalue weighted by Gasteiger charge is 2.36. The van der Waals surface area contributed by atoms with Gasteiger partial charge in [-0.1, -0.05) is 22.0 Å². The van der Waals surface area contributed by atoms with Gasteiger partial charge in [-0.3, -0.25) is 0 Å². The third-order valence-electron chi connectivity index (χ3n) is 4.92. The van der Waals surface area contributed by atoms with Crippen molar-refractivity contribution >= 4 is 27.7 Å². The molecule has 0 saturated carbocycles. The maximum Gasteiger partial charge on any atom is 0.410 e. The normalized spacial score (nSPS) is 24.0. The maximum atomic E-state index is 12.4. The molecule has 1 saturated heterocycles. The van der Waals surface area contributed by atoms with E-state index in [4.69, 9.17) is 4.74 Å². The summed E-state index contributed by atoms with van der Waals surface area (Å²) < 4.78 is 6.76. The number of carbonyl (C=O) groups excluding carboxylic acids is 1. The van der Waals surface area contributed by atoms with E-state index in [0.29, 0.717) is 6.04 Å². The van der Waals surface area contributed by atoms with E-state index in [0.717, 1.165) is 32.4 Å². The number of amides is 1. The fourth-order valence-electron chi connectivity index (χ4n) is 3.82. The first-order chi connectivity index (χ1) is 11.3. The monoisotopic (exact) mass is 394 g/mol. The van der Waals surface area contributed by atoms with Crippen LogP contribution in [0.3, 0.4) is 0 Å². The van der Waals surface area contributed by atoms with Gasteiger partial charge in [0, 0.05) is 35.3 Å². The highest BCUT2D eigenvalue weighted by molar-refractivity contribution is 9.10. The topological polar surface area (TPSA) is 32.8 Å². The largest absolute Gasteiger partial charge is 0.444 e. The zero-order valence-corrected chi connectivity index (χ0v) is 16.6. The van der Waals surface area contributed by atoms with Crippen molar-refractivity contribution in [1.82, 2.24) is 4.90 Å². The molecule has 2 heterocycles. The van der Waals surface area contributed by atoms with E-state index in [-0.39, 0.29) is 12.1 Å². The van der Waals surface area contributed by atoms with E-state index < -0.39 is 5.60 Å². The minimum Gasteiger partial charge on any atom is -0.444 e. The van der Waals surface area contributed by atoms with Gasteiger partial charge >= 0.3 is 6.09 Å². The number of ether oxygens (including phenoxy) is 1. The highest BCUT2D eigenvalue weighted by atomic mass is 79.9. The average molecular weight is 395 g/mol. The van der Waals surface area contributed by atoms with Gasteiger partial charge in [-0.05, 0) is 64.7 Å². The molecular weight excluding hydrogens is 368 g/mol. The van der Waals surface area contributed by atoms with Crippen molar-refractivity contribution in [1.29, 1.82) is 0 Å². The molecule has 1 fully saturated rings. The van der Waals surface area contributed by atoms with Crippen molar-refractivity contribution < 1.29 is 9.53 Å². The Labute approximate surface area is 153 Å². The van der Waals surface area contributed by atoms with Gasteiger partial charge in [0.2, 0.25) is 0 Å². The number of rotatable bonds is 1. The van der Waals surface area contributed by atoms with Crippen molar-refractivity contribution in [2.24, 2.45) is 0 Å². The molecule has 4 nitrogen and oxygen atoms in total. The number of hydrogen-bond acceptors (Lipinski definition) is 3. The summed E-state index contributed by atoms with van der Waals surface area (Å²) in [5.74, 6) is 0. The third-order valence-corrected chi connectivity index (χ3v) is 5.67. The number of carbonyl (C=O) groups is 1. The van der Waals surface area contributed by atoms with Crippen LogP contribution >= 0.6 is 15.9 Å². The third kappa shape index (κ3) is 3.56. The number of halogens is 1. The van der Waals surface area contributed by atoms with Crippen LogP contribution in [0.25, 0.3) is 0 Å². The van der Waals surface area contributed by atoms with E-state index in [1.54, 1.807) is 0 Å². The molecule has 1 aromatic carbocycles. The molecule has 1 amide bonds. The summed E-state index contributed by atoms with van der Waals surface area (Å²) in [6.07, 6.45) is 2.90. The second-order valence-corrected chi connectivity index (χ2v) is 8.74. The van der Waals surface area contributed by atoms with Crippen LogP contribution in [0.15, 0.2) is 22.7 Å². The van der Waals surface area contributed by atoms with Gasteiger partial charge in [-0.25, -0.2) is 4.79 Å². The Morgan fingerprint density at radius 3 is 2.71 bits per heavy atom. The fraction of sp³-hybridized carbons (Fsp3) is 0.632. The van der Waals surface area contributed by atoms with Crippen LogP contribution in [0.4, 0.5) is 10.5 Å². The van der Waals surface area contributed by atoms with Crippen LogP contribution < -0.4 is 4.90 Å². The Morgan fingerprint density at radius 2 is 2.04 bits per heavy atom. The van der Waals surface area contributed by atoms with Crippen LogP contribution in [0.2, 0.25) is 0 Å². The summed E-state index contributed by atoms with van der Waals surface area (Å²) in [6, 6.07) is 7.15. The summed E-state index contributed by atoms with van der Waals surface area (Å²) in [4.78, 5) is 16.8. The Hall–Kier alpha value is -1.23. The number of benzene rings is 1. The molecule has 0 N–H and O–H groups in total. The molecule has 2 aliphatic rings. The number of piperidine rings is 1. The zero-order chi connectivity index (χ0) is 17.5. The number of anilines is 1. The van der Waals surface area contributed by atoms with Crippen LogP contribution in [0, 0.1) is 0 Å². The molecule has 2 aliphatic heterocycles. The molecule has 0 spiro atoms. The predicted molar refractivity (Wildman–Crippen MR) is 101 cm³/mol. The second-order valence-electron chi connectivity index (χ2n) is 7.88. The van der Waals surface area contributed by atoms with Crippen molar-refractivity contribution in [2.45, 2.75) is 64.6 Å². The van der Waals surface area contributed by atoms with E-state index in [2.05, 4.69) is 46.0 Å². The van der Waals surface area contributed by atoms with Crippen LogP contribution in [0.1, 0.15) is 46.1 Å². The first-order valence-corrected chi connectivity index (χ1v) is 9.59. The molecule has 132 valence electrons. The Bertz CT molecular complexity index is 626. The number of fused-ring (bicyclic) bond motifs is 1. The minimum absolute atomic E-state index is 0.182. The van der Waals surface area contributed by atoms with Crippen LogP contribution in [-0.2, 0) is 11.2 Å². The van der Waals surface area contributed by atoms with Gasteiger partial charge < -0.3 is 14.5 Å². The molecule has 2 atom stereocenters. The smallest absolute Gasteiger partial charge is 0.410 e. The van der Waals surface area contributed by atoms with Gasteiger partial charge in [0.15, 0.2) is 0 Å². The first-order valence-electron chi connectivity index (χ1n) is 8.80. The Kier molecular flexibility index (Phi) is 4.82. The fourth-order valence-corrected chi connectivity index (χ4v) is 4.37. The molecule has 0 unspecified atom stereocenters. The molecule has 0 aliphatic carbocycles. The van der Waals surface area contributed by atoms with Crippen molar-refractivity contribution in [3.8, 4) is 0 Å². The molecule has 0 aromatic heterocycles. The minimum atomic E-state index is -0.437. The molecule has 0 radical (unpaired) electrons. The number of likely N-dealkylation sites (tertiary alicyclic amines) is 1. The standard InChI is InChI=1S/C19H27BrN2O2/c1-13-12-14(8-10-21(13)18(23)24-19(2,3)4)22-11-9-15-16(20)6-5-7-17(15)22/h5-7,13-14H,8-12H2,1-4H3/t13-,14+/m0/s1. The summed E-state index contributed by atoms with van der Waals surface area (Å²) in [7, 11) is 0. The van der Waals surface area contributed by atoms with Crippen molar-refractivity contribution in [2.75, 3.05) is 18.0 Å². The lowest BCUT2D eigenvalue weighted by Gasteiger charge is -2.42. The Balaban J connectivity index is 1.67. The summed E-state index contributed by atoms with van der Waals surface area (Å²) in [5, 5.41) is 0. The van der Waals surface area contributed by atoms with E-state index in [1.165, 1.54) is 15.7 Å². The van der Waals surface area contributed by atoms with Crippen LogP contribution in [0.5, 0.6) is 0 Å². The highest BCUT2D eigenvalue weighted by Crippen LogP contribution is 2.37. The lowest BCUT2D eigenvalue weighted by molar-refractivity contribution is 0.0104. The lowest BCUT2D eigenvalue weighted by Crippen LogP contribution is -2.52. The summed E-state index contributed by atoms with van der Waals surface area (Å²) in [6.45, 7) is 9.72. The van der Waals surface area contributed by atoms with E-state index in [1.807, 2.05) is 25.7 Å². The first kappa shape index (κ1) is 17.6. The van der Waals surface area contributed by atoms with Gasteiger partial charge in [-0.15, -0.1) is 0 Å². The van der Waals surface area contributed by atoms with Gasteiger partial charge in [0.05, 0.1) is 0 Å². The molecular formula is C19H27BrN2O2. The zero-order valence-electron chi connectivity index (χ0n) is 15.0. The summed E-state index contributed by atoms with van der Waals surface area (Å²) >= 11 is 3.67. The molecule has 24 heavy (non-hydrogen) atoms. The van der Waals surface area contributed by atoms with Crippen molar-refractivity contribution in [3.05, 3.63) is 28.2 Å². The van der Waals surface area contributed by atoms with E-state index >= 15 is 0 Å². The molecule has 0 bridgehead atoms. The van der Waals surface area contributed by atoms with Gasteiger partial charge in [0.1, 0.15) is 5.60 Å². The predicted octanol–water partition coefficient (Wildman–Crippen LogP) is 4.60. The van der Waals surface area contributed by atoms with Gasteiger partial charge in [0.25, 0.3) is 0 Å². The molecule has 5 heteroatoms. The Morgan fingerprint density at radius 1 is 1.29 bits per heavy atom. The summed E-state index contributed by atoms with van der Waals surface area (Å²) in [5.41, 5.74) is 2.33. The van der Waals surface area contributed by atoms with Crippen LogP contribution in [-0.4, -0.2) is 41.8 Å². The lowest BCUT2D eigenvalue weighted by atomic mass is 9.97. The number of hydrogen-bond donors (Lipinski definition) is 0. The quantitative estimate of drug-likeness (QED) is 0.697. The maximum absolute atomic E-state index is 12.4. The molecule has 3 rings (SSSR count). The van der Waals surface area contributed by atoms with E-state index in [9.17, 15) is 4.79 Å². The van der Waals surface area contributed by atoms with Crippen molar-refractivity contribution in [3.63, 3.8) is 0 Å².